The van der Waals surface area contributed by atoms with Gasteiger partial charge in [-0.05, 0) is 36.8 Å². The van der Waals surface area contributed by atoms with E-state index in [1.165, 1.54) is 37.3 Å². The third kappa shape index (κ3) is 2.66. The van der Waals surface area contributed by atoms with Gasteiger partial charge in [-0.15, -0.1) is 0 Å². The lowest BCUT2D eigenvalue weighted by Crippen LogP contribution is -2.21. The lowest BCUT2D eigenvalue weighted by Gasteiger charge is -2.19. The van der Waals surface area contributed by atoms with Crippen molar-refractivity contribution in [1.29, 1.82) is 0 Å². The fourth-order valence-electron chi connectivity index (χ4n) is 2.64. The van der Waals surface area contributed by atoms with Crippen LogP contribution in [-0.2, 0) is 6.54 Å². The van der Waals surface area contributed by atoms with Crippen LogP contribution in [0.25, 0.3) is 0 Å². The summed E-state index contributed by atoms with van der Waals surface area (Å²) in [5, 5.41) is 3.53. The second kappa shape index (κ2) is 4.88. The Hall–Kier alpha value is -1.09. The molecule has 1 saturated carbocycles. The van der Waals surface area contributed by atoms with E-state index in [1.807, 2.05) is 6.20 Å². The molecule has 2 aliphatic rings. The highest BCUT2D eigenvalue weighted by atomic mass is 15.2. The van der Waals surface area contributed by atoms with E-state index in [2.05, 4.69) is 41.2 Å². The van der Waals surface area contributed by atoms with Gasteiger partial charge in [0.1, 0.15) is 0 Å². The van der Waals surface area contributed by atoms with Crippen LogP contribution in [0.5, 0.6) is 0 Å². The summed E-state index contributed by atoms with van der Waals surface area (Å²) in [5.74, 6) is 1.59. The maximum Gasteiger partial charge on any atom is 0.0562 e. The van der Waals surface area contributed by atoms with Crippen molar-refractivity contribution in [3.8, 4) is 0 Å². The van der Waals surface area contributed by atoms with Crippen molar-refractivity contribution in [1.82, 2.24) is 10.3 Å². The molecule has 98 valence electrons. The van der Waals surface area contributed by atoms with Gasteiger partial charge in [-0.2, -0.15) is 0 Å². The molecule has 2 atom stereocenters. The predicted octanol–water partition coefficient (Wildman–Crippen LogP) is 2.43. The Morgan fingerprint density at radius 1 is 1.28 bits per heavy atom. The van der Waals surface area contributed by atoms with Crippen molar-refractivity contribution in [3.05, 3.63) is 24.0 Å². The lowest BCUT2D eigenvalue weighted by atomic mass is 10.0. The summed E-state index contributed by atoms with van der Waals surface area (Å²) in [7, 11) is 0. The van der Waals surface area contributed by atoms with Gasteiger partial charge in [0, 0.05) is 37.6 Å². The Bertz CT molecular complexity index is 404. The van der Waals surface area contributed by atoms with Crippen LogP contribution in [-0.4, -0.2) is 24.1 Å². The molecule has 1 saturated heterocycles. The van der Waals surface area contributed by atoms with Crippen molar-refractivity contribution in [2.45, 2.75) is 39.3 Å². The van der Waals surface area contributed by atoms with E-state index in [4.69, 9.17) is 0 Å². The fraction of sp³-hybridized carbons (Fsp3) is 0.667. The standard InChI is InChI=1S/C15H23N3/c1-11-9-18(10-12(11)2)15-5-6-16-14(7-15)8-17-13-3-4-13/h5-7,11-13,17H,3-4,8-10H2,1-2H3. The number of hydrogen-bond donors (Lipinski definition) is 1. The van der Waals surface area contributed by atoms with Gasteiger partial charge in [0.25, 0.3) is 0 Å². The molecule has 2 heterocycles. The SMILES string of the molecule is CC1CN(c2ccnc(CNC3CC3)c2)CC1C. The maximum atomic E-state index is 4.46. The summed E-state index contributed by atoms with van der Waals surface area (Å²) in [4.78, 5) is 6.96. The second-order valence-electron chi connectivity index (χ2n) is 6.02. The molecule has 1 aromatic heterocycles. The van der Waals surface area contributed by atoms with Gasteiger partial charge in [-0.25, -0.2) is 0 Å². The number of hydrogen-bond acceptors (Lipinski definition) is 3. The molecule has 0 amide bonds. The minimum absolute atomic E-state index is 0.752. The van der Waals surface area contributed by atoms with E-state index >= 15 is 0 Å². The molecular weight excluding hydrogens is 222 g/mol. The van der Waals surface area contributed by atoms with E-state index in [0.29, 0.717) is 0 Å². The Labute approximate surface area is 110 Å². The Balaban J connectivity index is 1.66. The molecule has 1 aliphatic carbocycles. The molecule has 2 fully saturated rings. The average Bonchev–Trinajstić information content (AvgIpc) is 3.14. The first-order valence-corrected chi connectivity index (χ1v) is 7.15. The molecule has 18 heavy (non-hydrogen) atoms. The zero-order valence-electron chi connectivity index (χ0n) is 11.4. The van der Waals surface area contributed by atoms with Crippen LogP contribution in [0.15, 0.2) is 18.3 Å². The minimum Gasteiger partial charge on any atom is -0.371 e. The first kappa shape index (κ1) is 12.0. The van der Waals surface area contributed by atoms with E-state index in [0.717, 1.165) is 24.4 Å². The smallest absolute Gasteiger partial charge is 0.0562 e. The van der Waals surface area contributed by atoms with Gasteiger partial charge in [0.2, 0.25) is 0 Å². The van der Waals surface area contributed by atoms with Crippen LogP contribution in [0.1, 0.15) is 32.4 Å². The molecule has 3 rings (SSSR count). The van der Waals surface area contributed by atoms with Crippen molar-refractivity contribution in [2.75, 3.05) is 18.0 Å². The van der Waals surface area contributed by atoms with E-state index in [-0.39, 0.29) is 0 Å². The highest BCUT2D eigenvalue weighted by Gasteiger charge is 2.26. The molecule has 1 aliphatic heterocycles. The number of nitrogens with zero attached hydrogens (tertiary/aromatic N) is 2. The summed E-state index contributed by atoms with van der Waals surface area (Å²) in [6.45, 7) is 7.97. The van der Waals surface area contributed by atoms with Gasteiger partial charge in [-0.1, -0.05) is 13.8 Å². The molecule has 0 bridgehead atoms. The van der Waals surface area contributed by atoms with Gasteiger partial charge in [0.15, 0.2) is 0 Å². The third-order valence-corrected chi connectivity index (χ3v) is 4.30. The molecule has 3 heteroatoms. The van der Waals surface area contributed by atoms with Gasteiger partial charge < -0.3 is 10.2 Å². The number of nitrogens with one attached hydrogen (secondary N) is 1. The summed E-state index contributed by atoms with van der Waals surface area (Å²) in [6, 6.07) is 5.15. The molecule has 1 N–H and O–H groups in total. The lowest BCUT2D eigenvalue weighted by molar-refractivity contribution is 0.494. The first-order chi connectivity index (χ1) is 8.72. The first-order valence-electron chi connectivity index (χ1n) is 7.15. The van der Waals surface area contributed by atoms with Crippen LogP contribution < -0.4 is 10.2 Å². The Morgan fingerprint density at radius 2 is 2.00 bits per heavy atom. The number of rotatable bonds is 4. The van der Waals surface area contributed by atoms with Crippen LogP contribution in [0, 0.1) is 11.8 Å². The minimum atomic E-state index is 0.752. The van der Waals surface area contributed by atoms with E-state index < -0.39 is 0 Å². The van der Waals surface area contributed by atoms with Crippen LogP contribution >= 0.6 is 0 Å². The van der Waals surface area contributed by atoms with Crippen molar-refractivity contribution in [2.24, 2.45) is 11.8 Å². The second-order valence-corrected chi connectivity index (χ2v) is 6.02. The summed E-state index contributed by atoms with van der Waals surface area (Å²) in [6.07, 6.45) is 4.62. The van der Waals surface area contributed by atoms with Gasteiger partial charge in [-0.3, -0.25) is 4.98 Å². The Morgan fingerprint density at radius 3 is 2.67 bits per heavy atom. The molecule has 1 aromatic rings. The van der Waals surface area contributed by atoms with Crippen LogP contribution in [0.4, 0.5) is 5.69 Å². The zero-order chi connectivity index (χ0) is 12.5. The van der Waals surface area contributed by atoms with Crippen molar-refractivity contribution in [3.63, 3.8) is 0 Å². The average molecular weight is 245 g/mol. The van der Waals surface area contributed by atoms with Crippen LogP contribution in [0.3, 0.4) is 0 Å². The quantitative estimate of drug-likeness (QED) is 0.883. The third-order valence-electron chi connectivity index (χ3n) is 4.30. The summed E-state index contributed by atoms with van der Waals surface area (Å²) < 4.78 is 0. The number of pyridine rings is 1. The topological polar surface area (TPSA) is 28.2 Å². The van der Waals surface area contributed by atoms with Crippen LogP contribution in [0.2, 0.25) is 0 Å². The Kier molecular flexibility index (Phi) is 3.25. The van der Waals surface area contributed by atoms with Gasteiger partial charge >= 0.3 is 0 Å². The molecular formula is C15H23N3. The highest BCUT2D eigenvalue weighted by Crippen LogP contribution is 2.27. The maximum absolute atomic E-state index is 4.46. The van der Waals surface area contributed by atoms with Crippen molar-refractivity contribution >= 4 is 5.69 Å². The molecule has 0 spiro atoms. The van der Waals surface area contributed by atoms with Gasteiger partial charge in [0.05, 0.1) is 5.69 Å². The number of anilines is 1. The molecule has 2 unspecified atom stereocenters. The summed E-state index contributed by atoms with van der Waals surface area (Å²) >= 11 is 0. The summed E-state index contributed by atoms with van der Waals surface area (Å²) in [5.41, 5.74) is 2.51. The highest BCUT2D eigenvalue weighted by molar-refractivity contribution is 5.47. The molecule has 3 nitrogen and oxygen atoms in total. The molecule has 0 aromatic carbocycles. The fourth-order valence-corrected chi connectivity index (χ4v) is 2.64. The largest absolute Gasteiger partial charge is 0.371 e. The monoisotopic (exact) mass is 245 g/mol. The normalized spacial score (nSPS) is 27.8. The van der Waals surface area contributed by atoms with Crippen molar-refractivity contribution < 1.29 is 0 Å². The predicted molar refractivity (Wildman–Crippen MR) is 74.6 cm³/mol. The number of aromatic nitrogens is 1. The molecule has 0 radical (unpaired) electrons. The van der Waals surface area contributed by atoms with E-state index in [9.17, 15) is 0 Å². The zero-order valence-corrected chi connectivity index (χ0v) is 11.4. The van der Waals surface area contributed by atoms with E-state index in [1.54, 1.807) is 0 Å².